The Hall–Kier alpha value is -0.770. The zero-order valence-electron chi connectivity index (χ0n) is 11.2. The highest BCUT2D eigenvalue weighted by atomic mass is 35.5. The van der Waals surface area contributed by atoms with Gasteiger partial charge in [-0.2, -0.15) is 0 Å². The van der Waals surface area contributed by atoms with E-state index in [4.69, 9.17) is 16.3 Å². The second kappa shape index (κ2) is 5.31. The van der Waals surface area contributed by atoms with Crippen molar-refractivity contribution in [3.8, 4) is 5.75 Å². The standard InChI is InChI=1S/C15H20ClNO2/c1-10-5-7-17(8-6-10)13-9-19-15-11(14(13)18)3-2-4-12(15)16/h2-4,10,13-14,18H,5-9H2,1H3. The van der Waals surface area contributed by atoms with Crippen molar-refractivity contribution < 1.29 is 9.84 Å². The third-order valence-electron chi connectivity index (χ3n) is 4.37. The van der Waals surface area contributed by atoms with Gasteiger partial charge in [0, 0.05) is 5.56 Å². The van der Waals surface area contributed by atoms with Gasteiger partial charge in [0.2, 0.25) is 0 Å². The van der Waals surface area contributed by atoms with Gasteiger partial charge in [0.25, 0.3) is 0 Å². The first kappa shape index (κ1) is 13.2. The summed E-state index contributed by atoms with van der Waals surface area (Å²) in [6.07, 6.45) is 1.90. The normalized spacial score (nSPS) is 28.8. The van der Waals surface area contributed by atoms with Crippen LogP contribution < -0.4 is 4.74 Å². The van der Waals surface area contributed by atoms with Crippen molar-refractivity contribution in [2.24, 2.45) is 5.92 Å². The van der Waals surface area contributed by atoms with E-state index < -0.39 is 6.10 Å². The summed E-state index contributed by atoms with van der Waals surface area (Å²) in [6.45, 7) is 4.90. The predicted molar refractivity (Wildman–Crippen MR) is 75.7 cm³/mol. The molecule has 0 saturated carbocycles. The monoisotopic (exact) mass is 281 g/mol. The summed E-state index contributed by atoms with van der Waals surface area (Å²) in [5.74, 6) is 1.44. The molecule has 19 heavy (non-hydrogen) atoms. The van der Waals surface area contributed by atoms with E-state index in [0.717, 1.165) is 24.6 Å². The van der Waals surface area contributed by atoms with Crippen LogP contribution in [0.2, 0.25) is 5.02 Å². The number of piperidine rings is 1. The van der Waals surface area contributed by atoms with Gasteiger partial charge in [0.1, 0.15) is 18.5 Å². The number of hydrogen-bond donors (Lipinski definition) is 1. The molecule has 0 aliphatic carbocycles. The number of para-hydroxylation sites is 1. The lowest BCUT2D eigenvalue weighted by Crippen LogP contribution is -2.49. The van der Waals surface area contributed by atoms with Crippen LogP contribution in [0.3, 0.4) is 0 Å². The summed E-state index contributed by atoms with van der Waals surface area (Å²) in [4.78, 5) is 2.36. The number of hydrogen-bond acceptors (Lipinski definition) is 3. The van der Waals surface area contributed by atoms with Crippen LogP contribution in [-0.4, -0.2) is 35.7 Å². The largest absolute Gasteiger partial charge is 0.490 e. The molecule has 1 fully saturated rings. The van der Waals surface area contributed by atoms with Gasteiger partial charge < -0.3 is 9.84 Å². The average Bonchev–Trinajstić information content (AvgIpc) is 2.42. The number of aliphatic hydroxyl groups is 1. The number of fused-ring (bicyclic) bond motifs is 1. The Morgan fingerprint density at radius 2 is 2.05 bits per heavy atom. The molecule has 0 bridgehead atoms. The summed E-state index contributed by atoms with van der Waals surface area (Å²) in [7, 11) is 0. The molecule has 1 aromatic rings. The number of halogens is 1. The molecule has 3 rings (SSSR count). The van der Waals surface area contributed by atoms with E-state index in [2.05, 4.69) is 11.8 Å². The second-order valence-electron chi connectivity index (χ2n) is 5.70. The van der Waals surface area contributed by atoms with Crippen LogP contribution in [0.5, 0.6) is 5.75 Å². The van der Waals surface area contributed by atoms with Crippen molar-refractivity contribution in [2.75, 3.05) is 19.7 Å². The molecule has 2 aliphatic heterocycles. The molecule has 1 aromatic carbocycles. The molecule has 2 heterocycles. The Bertz CT molecular complexity index is 457. The van der Waals surface area contributed by atoms with Crippen LogP contribution in [0.4, 0.5) is 0 Å². The quantitative estimate of drug-likeness (QED) is 0.859. The maximum atomic E-state index is 10.6. The summed E-state index contributed by atoms with van der Waals surface area (Å²) >= 11 is 6.11. The number of ether oxygens (including phenoxy) is 1. The minimum atomic E-state index is -0.504. The predicted octanol–water partition coefficient (Wildman–Crippen LogP) is 2.87. The molecule has 1 N–H and O–H groups in total. The third-order valence-corrected chi connectivity index (χ3v) is 4.66. The summed E-state index contributed by atoms with van der Waals surface area (Å²) in [6, 6.07) is 5.63. The summed E-state index contributed by atoms with van der Waals surface area (Å²) in [5, 5.41) is 11.2. The molecular formula is C15H20ClNO2. The first-order valence-electron chi connectivity index (χ1n) is 7.00. The molecule has 0 spiro atoms. The third kappa shape index (κ3) is 2.47. The van der Waals surface area contributed by atoms with Crippen molar-refractivity contribution in [3.05, 3.63) is 28.8 Å². The van der Waals surface area contributed by atoms with Gasteiger partial charge in [-0.05, 0) is 37.9 Å². The van der Waals surface area contributed by atoms with E-state index in [1.165, 1.54) is 12.8 Å². The molecule has 0 aromatic heterocycles. The molecule has 104 valence electrons. The Kier molecular flexibility index (Phi) is 3.70. The van der Waals surface area contributed by atoms with Crippen LogP contribution in [0, 0.1) is 5.92 Å². The van der Waals surface area contributed by atoms with Gasteiger partial charge in [-0.15, -0.1) is 0 Å². The minimum Gasteiger partial charge on any atom is -0.490 e. The van der Waals surface area contributed by atoms with Crippen LogP contribution in [-0.2, 0) is 0 Å². The van der Waals surface area contributed by atoms with E-state index in [0.29, 0.717) is 17.4 Å². The van der Waals surface area contributed by atoms with E-state index in [9.17, 15) is 5.11 Å². The van der Waals surface area contributed by atoms with Gasteiger partial charge in [-0.25, -0.2) is 0 Å². The Balaban J connectivity index is 1.80. The zero-order valence-corrected chi connectivity index (χ0v) is 11.9. The molecular weight excluding hydrogens is 262 g/mol. The molecule has 2 unspecified atom stereocenters. The van der Waals surface area contributed by atoms with E-state index in [1.54, 1.807) is 6.07 Å². The molecule has 4 heteroatoms. The summed E-state index contributed by atoms with van der Waals surface area (Å²) in [5.41, 5.74) is 0.822. The SMILES string of the molecule is CC1CCN(C2COc3c(Cl)cccc3C2O)CC1. The lowest BCUT2D eigenvalue weighted by Gasteiger charge is -2.41. The lowest BCUT2D eigenvalue weighted by molar-refractivity contribution is -0.00968. The van der Waals surface area contributed by atoms with E-state index in [1.807, 2.05) is 12.1 Å². The lowest BCUT2D eigenvalue weighted by atomic mass is 9.93. The maximum absolute atomic E-state index is 10.6. The van der Waals surface area contributed by atoms with Crippen molar-refractivity contribution in [1.29, 1.82) is 0 Å². The highest BCUT2D eigenvalue weighted by Gasteiger charge is 2.35. The molecule has 0 radical (unpaired) electrons. The van der Waals surface area contributed by atoms with Crippen LogP contribution in [0.15, 0.2) is 18.2 Å². The van der Waals surface area contributed by atoms with Gasteiger partial charge in [0.15, 0.2) is 0 Å². The number of benzene rings is 1. The highest BCUT2D eigenvalue weighted by Crippen LogP contribution is 2.39. The fraction of sp³-hybridized carbons (Fsp3) is 0.600. The Morgan fingerprint density at radius 1 is 1.32 bits per heavy atom. The van der Waals surface area contributed by atoms with E-state index in [-0.39, 0.29) is 6.04 Å². The Labute approximate surface area is 119 Å². The van der Waals surface area contributed by atoms with Crippen LogP contribution in [0.1, 0.15) is 31.4 Å². The van der Waals surface area contributed by atoms with Crippen LogP contribution in [0.25, 0.3) is 0 Å². The first-order valence-corrected chi connectivity index (χ1v) is 7.38. The number of aliphatic hydroxyl groups excluding tert-OH is 1. The van der Waals surface area contributed by atoms with Crippen molar-refractivity contribution in [2.45, 2.75) is 31.9 Å². The van der Waals surface area contributed by atoms with Crippen molar-refractivity contribution in [3.63, 3.8) is 0 Å². The van der Waals surface area contributed by atoms with Gasteiger partial charge in [-0.1, -0.05) is 30.7 Å². The van der Waals surface area contributed by atoms with Crippen molar-refractivity contribution >= 4 is 11.6 Å². The summed E-state index contributed by atoms with van der Waals surface area (Å²) < 4.78 is 5.78. The van der Waals surface area contributed by atoms with Gasteiger partial charge in [-0.3, -0.25) is 4.90 Å². The Morgan fingerprint density at radius 3 is 2.79 bits per heavy atom. The van der Waals surface area contributed by atoms with Gasteiger partial charge in [0.05, 0.1) is 11.1 Å². The molecule has 2 atom stereocenters. The van der Waals surface area contributed by atoms with E-state index >= 15 is 0 Å². The maximum Gasteiger partial charge on any atom is 0.143 e. The minimum absolute atomic E-state index is 0.0541. The highest BCUT2D eigenvalue weighted by molar-refractivity contribution is 6.32. The van der Waals surface area contributed by atoms with Crippen LogP contribution >= 0.6 is 11.6 Å². The second-order valence-corrected chi connectivity index (χ2v) is 6.11. The number of likely N-dealkylation sites (tertiary alicyclic amines) is 1. The topological polar surface area (TPSA) is 32.7 Å². The smallest absolute Gasteiger partial charge is 0.143 e. The molecule has 1 saturated heterocycles. The average molecular weight is 282 g/mol. The molecule has 0 amide bonds. The zero-order chi connectivity index (χ0) is 13.4. The number of rotatable bonds is 1. The fourth-order valence-electron chi connectivity index (χ4n) is 3.04. The van der Waals surface area contributed by atoms with Gasteiger partial charge >= 0.3 is 0 Å². The molecule has 3 nitrogen and oxygen atoms in total. The molecule has 2 aliphatic rings. The van der Waals surface area contributed by atoms with Crippen molar-refractivity contribution in [1.82, 2.24) is 4.90 Å². The first-order chi connectivity index (χ1) is 9.16. The number of nitrogens with zero attached hydrogens (tertiary/aromatic N) is 1. The fourth-order valence-corrected chi connectivity index (χ4v) is 3.28.